The molecule has 3 atom stereocenters. The van der Waals surface area contributed by atoms with Crippen LogP contribution in [0.2, 0.25) is 0 Å². The van der Waals surface area contributed by atoms with Crippen molar-refractivity contribution < 1.29 is 4.57 Å². The highest BCUT2D eigenvalue weighted by Gasteiger charge is 2.65. The van der Waals surface area contributed by atoms with Gasteiger partial charge < -0.3 is 4.57 Å². The van der Waals surface area contributed by atoms with E-state index in [0.29, 0.717) is 11.8 Å². The quantitative estimate of drug-likeness (QED) is 0.197. The summed E-state index contributed by atoms with van der Waals surface area (Å²) < 4.78 is 7.89. The van der Waals surface area contributed by atoms with E-state index in [2.05, 4.69) is 111 Å². The Hall–Kier alpha value is -4.37. The Bertz CT molecular complexity index is 2230. The van der Waals surface area contributed by atoms with Crippen molar-refractivity contribution in [3.63, 3.8) is 0 Å². The maximum Gasteiger partial charge on any atom is 0.287 e. The van der Waals surface area contributed by atoms with Crippen LogP contribution in [0.3, 0.4) is 0 Å². The lowest BCUT2D eigenvalue weighted by molar-refractivity contribution is -0.746. The van der Waals surface area contributed by atoms with Crippen LogP contribution in [0.4, 0.5) is 0 Å². The zero-order valence-electron chi connectivity index (χ0n) is 20.9. The molecule has 2 aliphatic heterocycles. The molecule has 0 radical (unpaired) electrons. The summed E-state index contributed by atoms with van der Waals surface area (Å²) in [6, 6.07) is 34.6. The Morgan fingerprint density at radius 3 is 2.24 bits per heavy atom. The Morgan fingerprint density at radius 2 is 1.39 bits per heavy atom. The molecule has 0 saturated heterocycles. The fourth-order valence-electron chi connectivity index (χ4n) is 9.55. The Balaban J connectivity index is 1.56. The molecule has 4 aliphatic rings. The van der Waals surface area contributed by atoms with Gasteiger partial charge in [0.2, 0.25) is 0 Å². The van der Waals surface area contributed by atoms with Gasteiger partial charge in [-0.25, -0.2) is 4.57 Å². The minimum absolute atomic E-state index is 0.184. The third kappa shape index (κ3) is 1.69. The third-order valence-electron chi connectivity index (χ3n) is 10.6. The third-order valence-corrected chi connectivity index (χ3v) is 10.6. The highest BCUT2D eigenvalue weighted by Crippen LogP contribution is 2.65. The number of hydrogen-bond acceptors (Lipinski definition) is 0. The van der Waals surface area contributed by atoms with Crippen LogP contribution >= 0.6 is 0 Å². The number of fused-ring (bicyclic) bond motifs is 11. The average molecular weight is 487 g/mol. The second-order valence-corrected chi connectivity index (χ2v) is 11.8. The SMILES string of the molecule is c1cc2c3c(c1)-n1c4ccccc4c4cc5c6ccccc6n6c5c(c41)C3(C1CCCC21)[n+]1ccccc1-6. The van der Waals surface area contributed by atoms with Crippen LogP contribution < -0.4 is 4.57 Å². The summed E-state index contributed by atoms with van der Waals surface area (Å²) in [5.74, 6) is 2.48. The molecule has 3 heteroatoms. The van der Waals surface area contributed by atoms with Crippen LogP contribution in [0.15, 0.2) is 97.2 Å². The van der Waals surface area contributed by atoms with Crippen LogP contribution in [0.25, 0.3) is 55.1 Å². The molecular weight excluding hydrogens is 462 g/mol. The largest absolute Gasteiger partial charge is 0.308 e. The van der Waals surface area contributed by atoms with Crippen molar-refractivity contribution in [1.29, 1.82) is 0 Å². The van der Waals surface area contributed by atoms with E-state index in [1.807, 2.05) is 0 Å². The van der Waals surface area contributed by atoms with Crippen LogP contribution in [0.1, 0.15) is 41.9 Å². The van der Waals surface area contributed by atoms with Crippen molar-refractivity contribution in [3.8, 4) is 11.5 Å². The van der Waals surface area contributed by atoms with Gasteiger partial charge in [-0.1, -0.05) is 55.0 Å². The first-order valence-electron chi connectivity index (χ1n) is 14.0. The lowest BCUT2D eigenvalue weighted by Gasteiger charge is -2.42. The molecule has 1 spiro atoms. The van der Waals surface area contributed by atoms with E-state index in [0.717, 1.165) is 0 Å². The fourth-order valence-corrected chi connectivity index (χ4v) is 9.55. The molecule has 1 saturated carbocycles. The predicted octanol–water partition coefficient (Wildman–Crippen LogP) is 7.48. The zero-order chi connectivity index (χ0) is 24.3. The summed E-state index contributed by atoms with van der Waals surface area (Å²) in [6.07, 6.45) is 6.27. The molecule has 2 aliphatic carbocycles. The first-order chi connectivity index (χ1) is 18.9. The maximum absolute atomic E-state index is 2.69. The van der Waals surface area contributed by atoms with Gasteiger partial charge >= 0.3 is 0 Å². The predicted molar refractivity (Wildman–Crippen MR) is 152 cm³/mol. The van der Waals surface area contributed by atoms with Gasteiger partial charge in [0.15, 0.2) is 11.1 Å². The molecule has 11 rings (SSSR count). The lowest BCUT2D eigenvalue weighted by Crippen LogP contribution is -2.64. The van der Waals surface area contributed by atoms with Gasteiger partial charge in [0.1, 0.15) is 5.52 Å². The van der Waals surface area contributed by atoms with Crippen molar-refractivity contribution >= 4 is 43.6 Å². The molecule has 3 aromatic heterocycles. The number of para-hydroxylation sites is 2. The Kier molecular flexibility index (Phi) is 2.90. The molecule has 4 aromatic carbocycles. The summed E-state index contributed by atoms with van der Waals surface area (Å²) in [6.45, 7) is 0. The Morgan fingerprint density at radius 1 is 0.658 bits per heavy atom. The standard InChI is InChI=1S/C35H24N3/c1-3-14-27-21(9-1)24-19-25-22-10-2-4-15-28(22)38-30-17-5-6-18-36(30)35-26-13-7-11-20(26)23-12-8-16-29(31(23)35)37(27)33(24)32(35)34(25)38/h1-6,8-10,12,14-20,26H,7,11,13H2/q+1. The summed E-state index contributed by atoms with van der Waals surface area (Å²) in [7, 11) is 0. The number of hydrogen-bond donors (Lipinski definition) is 0. The van der Waals surface area contributed by atoms with Crippen LogP contribution in [-0.2, 0) is 5.54 Å². The molecular formula is C35H24N3+. The molecule has 178 valence electrons. The molecule has 3 unspecified atom stereocenters. The van der Waals surface area contributed by atoms with Crippen LogP contribution in [0.5, 0.6) is 0 Å². The number of rotatable bonds is 0. The average Bonchev–Trinajstić information content (AvgIpc) is 3.72. The summed E-state index contributed by atoms with van der Waals surface area (Å²) in [5.41, 5.74) is 11.4. The summed E-state index contributed by atoms with van der Waals surface area (Å²) >= 11 is 0. The van der Waals surface area contributed by atoms with Gasteiger partial charge in [0, 0.05) is 39.1 Å². The molecule has 7 aromatic rings. The van der Waals surface area contributed by atoms with Crippen LogP contribution in [-0.4, -0.2) is 9.13 Å². The number of nitrogens with zero attached hydrogens (tertiary/aromatic N) is 3. The second-order valence-electron chi connectivity index (χ2n) is 11.8. The van der Waals surface area contributed by atoms with Crippen molar-refractivity contribution in [2.75, 3.05) is 0 Å². The number of benzene rings is 4. The minimum atomic E-state index is -0.184. The van der Waals surface area contributed by atoms with E-state index in [-0.39, 0.29) is 5.54 Å². The second kappa shape index (κ2) is 5.86. The molecule has 38 heavy (non-hydrogen) atoms. The molecule has 5 heterocycles. The first kappa shape index (κ1) is 18.8. The van der Waals surface area contributed by atoms with E-state index < -0.39 is 0 Å². The highest BCUT2D eigenvalue weighted by molar-refractivity contribution is 6.22. The van der Waals surface area contributed by atoms with Gasteiger partial charge in [-0.2, -0.15) is 4.57 Å². The van der Waals surface area contributed by atoms with Crippen molar-refractivity contribution in [2.24, 2.45) is 5.92 Å². The summed E-state index contributed by atoms with van der Waals surface area (Å²) in [5, 5.41) is 5.49. The molecule has 0 amide bonds. The molecule has 0 N–H and O–H groups in total. The van der Waals surface area contributed by atoms with E-state index in [1.54, 1.807) is 11.1 Å². The van der Waals surface area contributed by atoms with E-state index in [4.69, 9.17) is 0 Å². The maximum atomic E-state index is 2.69. The van der Waals surface area contributed by atoms with Gasteiger partial charge in [-0.3, -0.25) is 0 Å². The topological polar surface area (TPSA) is 13.7 Å². The molecule has 1 fully saturated rings. The van der Waals surface area contributed by atoms with Crippen molar-refractivity contribution in [3.05, 3.63) is 114 Å². The Labute approximate surface area is 219 Å². The van der Waals surface area contributed by atoms with E-state index in [9.17, 15) is 0 Å². The number of pyridine rings is 1. The van der Waals surface area contributed by atoms with Crippen molar-refractivity contribution in [1.82, 2.24) is 9.13 Å². The first-order valence-corrected chi connectivity index (χ1v) is 14.0. The van der Waals surface area contributed by atoms with E-state index in [1.165, 1.54) is 79.9 Å². The monoisotopic (exact) mass is 486 g/mol. The molecule has 0 bridgehead atoms. The number of aromatic nitrogens is 3. The van der Waals surface area contributed by atoms with Crippen LogP contribution in [0, 0.1) is 5.92 Å². The lowest BCUT2D eigenvalue weighted by atomic mass is 9.71. The molecule has 3 nitrogen and oxygen atoms in total. The zero-order valence-corrected chi connectivity index (χ0v) is 20.9. The normalized spacial score (nSPS) is 23.6. The fraction of sp³-hybridized carbons (Fsp3) is 0.171. The smallest absolute Gasteiger partial charge is 0.287 e. The minimum Gasteiger partial charge on any atom is -0.308 e. The highest BCUT2D eigenvalue weighted by atomic mass is 15.2. The van der Waals surface area contributed by atoms with Crippen molar-refractivity contribution in [2.45, 2.75) is 30.7 Å². The van der Waals surface area contributed by atoms with Gasteiger partial charge in [-0.05, 0) is 60.7 Å². The van der Waals surface area contributed by atoms with Gasteiger partial charge in [-0.15, -0.1) is 0 Å². The summed E-state index contributed by atoms with van der Waals surface area (Å²) in [4.78, 5) is 0. The van der Waals surface area contributed by atoms with Gasteiger partial charge in [0.25, 0.3) is 5.82 Å². The van der Waals surface area contributed by atoms with E-state index >= 15 is 0 Å². The van der Waals surface area contributed by atoms with Gasteiger partial charge in [0.05, 0.1) is 28.5 Å².